The average Bonchev–Trinajstić information content (AvgIpc) is 2.57. The Balaban J connectivity index is -0.000000661. The molecule has 0 aliphatic rings. The van der Waals surface area contributed by atoms with E-state index < -0.39 is 5.97 Å². The first-order chi connectivity index (χ1) is 11.0. The maximum absolute atomic E-state index is 12.1. The standard InChI is InChI=1S/C18H25NO4.4CH4/c1-5-15(12-13(3)17(20)22-6-2)18(21)23-19-14(4)16-10-8-7-9-11-16;;;;/h7-11,13,15H,5-6,12H2,1-4H3;4*1H4. The van der Waals surface area contributed by atoms with Crippen molar-refractivity contribution in [3.8, 4) is 0 Å². The summed E-state index contributed by atoms with van der Waals surface area (Å²) in [6.07, 6.45) is 0.983. The van der Waals surface area contributed by atoms with Crippen LogP contribution in [0.1, 0.15) is 75.8 Å². The number of hydrogen-bond acceptors (Lipinski definition) is 5. The van der Waals surface area contributed by atoms with Crippen LogP contribution >= 0.6 is 0 Å². The molecule has 0 amide bonds. The normalized spacial score (nSPS) is 11.9. The van der Waals surface area contributed by atoms with Crippen molar-refractivity contribution in [1.82, 2.24) is 0 Å². The van der Waals surface area contributed by atoms with Gasteiger partial charge in [0.2, 0.25) is 0 Å². The Morgan fingerprint density at radius 2 is 1.56 bits per heavy atom. The monoisotopic (exact) mass is 383 g/mol. The maximum atomic E-state index is 12.1. The van der Waals surface area contributed by atoms with Gasteiger partial charge in [0, 0.05) is 0 Å². The third-order valence-electron chi connectivity index (χ3n) is 3.62. The highest BCUT2D eigenvalue weighted by molar-refractivity contribution is 5.98. The second-order valence-corrected chi connectivity index (χ2v) is 5.45. The van der Waals surface area contributed by atoms with Crippen molar-refractivity contribution in [3.63, 3.8) is 0 Å². The lowest BCUT2D eigenvalue weighted by Crippen LogP contribution is -2.23. The summed E-state index contributed by atoms with van der Waals surface area (Å²) in [4.78, 5) is 28.9. The molecule has 158 valence electrons. The van der Waals surface area contributed by atoms with Crippen LogP contribution in [0.4, 0.5) is 0 Å². The number of carbonyl (C=O) groups is 2. The second-order valence-electron chi connectivity index (χ2n) is 5.45. The van der Waals surface area contributed by atoms with E-state index in [9.17, 15) is 9.59 Å². The molecule has 5 heteroatoms. The fraction of sp³-hybridized carbons (Fsp3) is 0.591. The van der Waals surface area contributed by atoms with Crippen molar-refractivity contribution in [2.75, 3.05) is 6.61 Å². The van der Waals surface area contributed by atoms with Gasteiger partial charge in [-0.15, -0.1) is 0 Å². The van der Waals surface area contributed by atoms with Crippen LogP contribution in [0.15, 0.2) is 35.5 Å². The minimum atomic E-state index is -0.418. The van der Waals surface area contributed by atoms with Gasteiger partial charge in [0.1, 0.15) is 0 Å². The molecule has 1 aromatic carbocycles. The Morgan fingerprint density at radius 3 is 2.04 bits per heavy atom. The SMILES string of the molecule is C.C.C.C.CCOC(=O)C(C)CC(CC)C(=O)ON=C(C)c1ccccc1. The fourth-order valence-electron chi connectivity index (χ4n) is 2.16. The van der Waals surface area contributed by atoms with Crippen molar-refractivity contribution in [3.05, 3.63) is 35.9 Å². The number of ether oxygens (including phenoxy) is 1. The molecule has 2 unspecified atom stereocenters. The van der Waals surface area contributed by atoms with Gasteiger partial charge < -0.3 is 9.57 Å². The van der Waals surface area contributed by atoms with Gasteiger partial charge in [0.05, 0.1) is 24.2 Å². The van der Waals surface area contributed by atoms with Gasteiger partial charge in [-0.05, 0) is 32.3 Å². The lowest BCUT2D eigenvalue weighted by molar-refractivity contribution is -0.152. The lowest BCUT2D eigenvalue weighted by Gasteiger charge is -2.16. The molecule has 27 heavy (non-hydrogen) atoms. The molecule has 0 radical (unpaired) electrons. The minimum Gasteiger partial charge on any atom is -0.466 e. The molecule has 0 N–H and O–H groups in total. The van der Waals surface area contributed by atoms with Gasteiger partial charge in [0.25, 0.3) is 0 Å². The fourth-order valence-corrected chi connectivity index (χ4v) is 2.16. The summed E-state index contributed by atoms with van der Waals surface area (Å²) in [5, 5.41) is 3.90. The van der Waals surface area contributed by atoms with E-state index in [1.54, 1.807) is 20.8 Å². The largest absolute Gasteiger partial charge is 0.466 e. The summed E-state index contributed by atoms with van der Waals surface area (Å²) in [6, 6.07) is 9.49. The van der Waals surface area contributed by atoms with E-state index in [1.807, 2.05) is 37.3 Å². The summed E-state index contributed by atoms with van der Waals surface area (Å²) in [5.74, 6) is -1.42. The molecule has 0 saturated carbocycles. The molecule has 1 aromatic rings. The van der Waals surface area contributed by atoms with E-state index in [-0.39, 0.29) is 47.5 Å². The van der Waals surface area contributed by atoms with E-state index in [1.165, 1.54) is 0 Å². The Kier molecular flexibility index (Phi) is 20.8. The van der Waals surface area contributed by atoms with E-state index in [4.69, 9.17) is 9.57 Å². The Morgan fingerprint density at radius 1 is 1.00 bits per heavy atom. The summed E-state index contributed by atoms with van der Waals surface area (Å²) in [7, 11) is 0. The Hall–Kier alpha value is -2.17. The van der Waals surface area contributed by atoms with Gasteiger partial charge in [-0.1, -0.05) is 79.0 Å². The van der Waals surface area contributed by atoms with Gasteiger partial charge >= 0.3 is 11.9 Å². The maximum Gasteiger partial charge on any atom is 0.338 e. The zero-order chi connectivity index (χ0) is 17.2. The molecular weight excluding hydrogens is 342 g/mol. The topological polar surface area (TPSA) is 65.0 Å². The summed E-state index contributed by atoms with van der Waals surface area (Å²) < 4.78 is 4.97. The predicted molar refractivity (Wildman–Crippen MR) is 116 cm³/mol. The highest BCUT2D eigenvalue weighted by Crippen LogP contribution is 2.19. The molecule has 1 rings (SSSR count). The summed E-state index contributed by atoms with van der Waals surface area (Å²) in [6.45, 7) is 7.52. The van der Waals surface area contributed by atoms with Crippen LogP contribution in [0.5, 0.6) is 0 Å². The van der Waals surface area contributed by atoms with Gasteiger partial charge in [0.15, 0.2) is 0 Å². The molecule has 0 aliphatic heterocycles. The number of esters is 1. The molecule has 0 spiro atoms. The van der Waals surface area contributed by atoms with E-state index in [0.29, 0.717) is 25.2 Å². The van der Waals surface area contributed by atoms with Crippen LogP contribution < -0.4 is 0 Å². The molecule has 2 atom stereocenters. The van der Waals surface area contributed by atoms with E-state index in [0.717, 1.165) is 5.56 Å². The van der Waals surface area contributed by atoms with Crippen molar-refractivity contribution in [2.45, 2.75) is 70.2 Å². The molecule has 0 aromatic heterocycles. The van der Waals surface area contributed by atoms with Crippen molar-refractivity contribution >= 4 is 17.7 Å². The molecule has 0 aliphatic carbocycles. The van der Waals surface area contributed by atoms with Crippen LogP contribution in [0.25, 0.3) is 0 Å². The summed E-state index contributed by atoms with van der Waals surface area (Å²) in [5.41, 5.74) is 1.53. The molecule has 5 nitrogen and oxygen atoms in total. The van der Waals surface area contributed by atoms with Crippen LogP contribution in [-0.2, 0) is 19.2 Å². The molecule has 0 fully saturated rings. The Bertz CT molecular complexity index is 541. The molecule has 0 heterocycles. The van der Waals surface area contributed by atoms with Crippen molar-refractivity contribution < 1.29 is 19.2 Å². The van der Waals surface area contributed by atoms with E-state index in [2.05, 4.69) is 5.16 Å². The quantitative estimate of drug-likeness (QED) is 0.235. The summed E-state index contributed by atoms with van der Waals surface area (Å²) >= 11 is 0. The van der Waals surface area contributed by atoms with E-state index >= 15 is 0 Å². The van der Waals surface area contributed by atoms with Gasteiger partial charge in [-0.2, -0.15) is 0 Å². The van der Waals surface area contributed by atoms with Gasteiger partial charge in [-0.3, -0.25) is 4.79 Å². The first kappa shape index (κ1) is 32.5. The number of hydrogen-bond donors (Lipinski definition) is 0. The van der Waals surface area contributed by atoms with Crippen molar-refractivity contribution in [1.29, 1.82) is 0 Å². The average molecular weight is 384 g/mol. The number of carbonyl (C=O) groups excluding carboxylic acids is 2. The van der Waals surface area contributed by atoms with Crippen LogP contribution in [0.3, 0.4) is 0 Å². The number of rotatable bonds is 8. The third-order valence-corrected chi connectivity index (χ3v) is 3.62. The van der Waals surface area contributed by atoms with Crippen LogP contribution in [0, 0.1) is 11.8 Å². The first-order valence-corrected chi connectivity index (χ1v) is 7.97. The number of benzene rings is 1. The highest BCUT2D eigenvalue weighted by Gasteiger charge is 2.25. The van der Waals surface area contributed by atoms with Gasteiger partial charge in [-0.25, -0.2) is 4.79 Å². The number of oxime groups is 1. The Labute approximate surface area is 167 Å². The van der Waals surface area contributed by atoms with Crippen LogP contribution in [0.2, 0.25) is 0 Å². The molecule has 0 bridgehead atoms. The second kappa shape index (κ2) is 17.3. The predicted octanol–water partition coefficient (Wildman–Crippen LogP) is 6.11. The zero-order valence-electron chi connectivity index (χ0n) is 14.2. The van der Waals surface area contributed by atoms with Crippen molar-refractivity contribution in [2.24, 2.45) is 17.0 Å². The van der Waals surface area contributed by atoms with Crippen LogP contribution in [-0.4, -0.2) is 24.3 Å². The first-order valence-electron chi connectivity index (χ1n) is 7.97. The number of nitrogens with zero attached hydrogens (tertiary/aromatic N) is 1. The smallest absolute Gasteiger partial charge is 0.338 e. The zero-order valence-corrected chi connectivity index (χ0v) is 14.2. The minimum absolute atomic E-state index is 0. The third kappa shape index (κ3) is 11.2. The lowest BCUT2D eigenvalue weighted by atomic mass is 9.94. The molecular formula is C22H41NO4. The molecule has 0 saturated heterocycles. The highest BCUT2D eigenvalue weighted by atomic mass is 16.7.